The van der Waals surface area contributed by atoms with Crippen molar-refractivity contribution in [1.82, 2.24) is 9.97 Å². The SMILES string of the molecule is Cc1ccc(F)cc1Nc1nc2ccccc2nc1C(=O)OC(C)C. The van der Waals surface area contributed by atoms with Gasteiger partial charge in [0.05, 0.1) is 17.1 Å². The number of hydrogen-bond donors (Lipinski definition) is 1. The Morgan fingerprint density at radius 1 is 1.12 bits per heavy atom. The first-order chi connectivity index (χ1) is 11.9. The third kappa shape index (κ3) is 3.74. The van der Waals surface area contributed by atoms with Crippen LogP contribution < -0.4 is 5.32 Å². The Kier molecular flexibility index (Phi) is 4.61. The summed E-state index contributed by atoms with van der Waals surface area (Å²) in [6, 6.07) is 11.6. The van der Waals surface area contributed by atoms with Gasteiger partial charge in [0.1, 0.15) is 5.82 Å². The van der Waals surface area contributed by atoms with Gasteiger partial charge < -0.3 is 10.1 Å². The van der Waals surface area contributed by atoms with Crippen LogP contribution in [0.5, 0.6) is 0 Å². The fourth-order valence-corrected chi connectivity index (χ4v) is 2.36. The van der Waals surface area contributed by atoms with Crippen LogP contribution in [0.2, 0.25) is 0 Å². The number of nitrogens with one attached hydrogen (secondary N) is 1. The molecule has 0 aliphatic rings. The van der Waals surface area contributed by atoms with E-state index in [-0.39, 0.29) is 23.4 Å². The molecule has 0 aliphatic carbocycles. The van der Waals surface area contributed by atoms with E-state index in [4.69, 9.17) is 4.74 Å². The molecule has 0 amide bonds. The van der Waals surface area contributed by atoms with Gasteiger partial charge >= 0.3 is 5.97 Å². The van der Waals surface area contributed by atoms with E-state index >= 15 is 0 Å². The molecule has 1 heterocycles. The second-order valence-electron chi connectivity index (χ2n) is 5.95. The molecule has 0 fully saturated rings. The van der Waals surface area contributed by atoms with Crippen LogP contribution in [0.1, 0.15) is 29.9 Å². The molecule has 6 heteroatoms. The minimum absolute atomic E-state index is 0.0658. The number of carbonyl (C=O) groups excluding carboxylic acids is 1. The molecule has 5 nitrogen and oxygen atoms in total. The number of carbonyl (C=O) groups is 1. The maximum atomic E-state index is 13.6. The molecule has 3 aromatic rings. The van der Waals surface area contributed by atoms with E-state index < -0.39 is 5.97 Å². The average Bonchev–Trinajstić information content (AvgIpc) is 2.57. The molecule has 0 saturated heterocycles. The maximum absolute atomic E-state index is 13.6. The van der Waals surface area contributed by atoms with Gasteiger partial charge in [0.15, 0.2) is 11.5 Å². The van der Waals surface area contributed by atoms with Crippen molar-refractivity contribution in [3.63, 3.8) is 0 Å². The standard InChI is InChI=1S/C19H18FN3O2/c1-11(2)25-19(24)17-18(22-15-7-5-4-6-14(15)21-17)23-16-10-13(20)9-8-12(16)3/h4-11H,1-3H3,(H,22,23). The van der Waals surface area contributed by atoms with Crippen molar-refractivity contribution in [2.45, 2.75) is 26.9 Å². The second-order valence-corrected chi connectivity index (χ2v) is 5.95. The molecule has 0 atom stereocenters. The number of anilines is 2. The highest BCUT2D eigenvalue weighted by molar-refractivity contribution is 5.96. The number of aryl methyl sites for hydroxylation is 1. The van der Waals surface area contributed by atoms with Gasteiger partial charge in [0, 0.05) is 5.69 Å². The number of nitrogens with zero attached hydrogens (tertiary/aromatic N) is 2. The Bertz CT molecular complexity index is 941. The van der Waals surface area contributed by atoms with Crippen molar-refractivity contribution in [3.8, 4) is 0 Å². The Labute approximate surface area is 144 Å². The van der Waals surface area contributed by atoms with Crippen LogP contribution in [-0.2, 0) is 4.74 Å². The predicted molar refractivity (Wildman–Crippen MR) is 94.5 cm³/mol. The molecule has 25 heavy (non-hydrogen) atoms. The zero-order chi connectivity index (χ0) is 18.0. The molecule has 1 aromatic heterocycles. The van der Waals surface area contributed by atoms with Crippen LogP contribution >= 0.6 is 0 Å². The number of esters is 1. The highest BCUT2D eigenvalue weighted by atomic mass is 19.1. The van der Waals surface area contributed by atoms with E-state index in [9.17, 15) is 9.18 Å². The van der Waals surface area contributed by atoms with E-state index in [0.29, 0.717) is 16.7 Å². The van der Waals surface area contributed by atoms with Gasteiger partial charge in [-0.05, 0) is 50.6 Å². The van der Waals surface area contributed by atoms with Gasteiger partial charge in [-0.3, -0.25) is 0 Å². The van der Waals surface area contributed by atoms with E-state index in [1.807, 2.05) is 19.1 Å². The number of fused-ring (bicyclic) bond motifs is 1. The van der Waals surface area contributed by atoms with Gasteiger partial charge in [-0.15, -0.1) is 0 Å². The molecule has 0 radical (unpaired) electrons. The quantitative estimate of drug-likeness (QED) is 0.714. The molecule has 3 rings (SSSR count). The number of hydrogen-bond acceptors (Lipinski definition) is 5. The first kappa shape index (κ1) is 16.8. The van der Waals surface area contributed by atoms with Gasteiger partial charge in [-0.1, -0.05) is 18.2 Å². The minimum atomic E-state index is -0.579. The van der Waals surface area contributed by atoms with Crippen molar-refractivity contribution >= 4 is 28.5 Å². The lowest BCUT2D eigenvalue weighted by molar-refractivity contribution is 0.0372. The number of benzene rings is 2. The third-order valence-corrected chi connectivity index (χ3v) is 3.56. The fraction of sp³-hybridized carbons (Fsp3) is 0.211. The maximum Gasteiger partial charge on any atom is 0.361 e. The summed E-state index contributed by atoms with van der Waals surface area (Å²) in [6.07, 6.45) is -0.287. The summed E-state index contributed by atoms with van der Waals surface area (Å²) in [4.78, 5) is 21.3. The zero-order valence-corrected chi connectivity index (χ0v) is 14.2. The van der Waals surface area contributed by atoms with Crippen LogP contribution in [0.25, 0.3) is 11.0 Å². The van der Waals surface area contributed by atoms with Gasteiger partial charge in [-0.25, -0.2) is 19.2 Å². The van der Waals surface area contributed by atoms with E-state index in [2.05, 4.69) is 15.3 Å². The molecule has 0 spiro atoms. The molecule has 128 valence electrons. The van der Waals surface area contributed by atoms with Crippen molar-refractivity contribution in [2.75, 3.05) is 5.32 Å². The Morgan fingerprint density at radius 3 is 2.48 bits per heavy atom. The predicted octanol–water partition coefficient (Wildman–Crippen LogP) is 4.39. The average molecular weight is 339 g/mol. The van der Waals surface area contributed by atoms with Crippen molar-refractivity contribution in [2.24, 2.45) is 0 Å². The van der Waals surface area contributed by atoms with Crippen molar-refractivity contribution in [3.05, 3.63) is 59.5 Å². The monoisotopic (exact) mass is 339 g/mol. The highest BCUT2D eigenvalue weighted by Gasteiger charge is 2.20. The molecule has 2 aromatic carbocycles. The van der Waals surface area contributed by atoms with Gasteiger partial charge in [0.2, 0.25) is 0 Å². The van der Waals surface area contributed by atoms with Crippen LogP contribution in [0.4, 0.5) is 15.9 Å². The van der Waals surface area contributed by atoms with E-state index in [1.165, 1.54) is 12.1 Å². The Morgan fingerprint density at radius 2 is 1.80 bits per heavy atom. The van der Waals surface area contributed by atoms with Gasteiger partial charge in [0.25, 0.3) is 0 Å². The van der Waals surface area contributed by atoms with E-state index in [0.717, 1.165) is 5.56 Å². The Balaban J connectivity index is 2.10. The summed E-state index contributed by atoms with van der Waals surface area (Å²) < 4.78 is 18.8. The van der Waals surface area contributed by atoms with Gasteiger partial charge in [-0.2, -0.15) is 0 Å². The fourth-order valence-electron chi connectivity index (χ4n) is 2.36. The molecule has 0 aliphatic heterocycles. The first-order valence-electron chi connectivity index (χ1n) is 7.95. The number of para-hydroxylation sites is 2. The normalized spacial score (nSPS) is 10.9. The molecular formula is C19H18FN3O2. The lowest BCUT2D eigenvalue weighted by atomic mass is 10.2. The lowest BCUT2D eigenvalue weighted by Gasteiger charge is -2.14. The first-order valence-corrected chi connectivity index (χ1v) is 7.95. The summed E-state index contributed by atoms with van der Waals surface area (Å²) in [5.74, 6) is -0.726. The summed E-state index contributed by atoms with van der Waals surface area (Å²) >= 11 is 0. The summed E-state index contributed by atoms with van der Waals surface area (Å²) in [7, 11) is 0. The molecular weight excluding hydrogens is 321 g/mol. The molecule has 0 bridgehead atoms. The third-order valence-electron chi connectivity index (χ3n) is 3.56. The molecule has 0 unspecified atom stereocenters. The number of ether oxygens (including phenoxy) is 1. The topological polar surface area (TPSA) is 64.1 Å². The van der Waals surface area contributed by atoms with Crippen LogP contribution in [0.3, 0.4) is 0 Å². The summed E-state index contributed by atoms with van der Waals surface area (Å²) in [5.41, 5.74) is 2.61. The van der Waals surface area contributed by atoms with Crippen LogP contribution in [0, 0.1) is 12.7 Å². The smallest absolute Gasteiger partial charge is 0.361 e. The van der Waals surface area contributed by atoms with Crippen molar-refractivity contribution < 1.29 is 13.9 Å². The number of halogens is 1. The number of rotatable bonds is 4. The largest absolute Gasteiger partial charge is 0.458 e. The van der Waals surface area contributed by atoms with Crippen molar-refractivity contribution in [1.29, 1.82) is 0 Å². The summed E-state index contributed by atoms with van der Waals surface area (Å²) in [5, 5.41) is 3.01. The van der Waals surface area contributed by atoms with Crippen LogP contribution in [0.15, 0.2) is 42.5 Å². The Hall–Kier alpha value is -3.02. The highest BCUT2D eigenvalue weighted by Crippen LogP contribution is 2.25. The lowest BCUT2D eigenvalue weighted by Crippen LogP contribution is -2.16. The van der Waals surface area contributed by atoms with Crippen LogP contribution in [-0.4, -0.2) is 22.0 Å². The second kappa shape index (κ2) is 6.84. The minimum Gasteiger partial charge on any atom is -0.458 e. The zero-order valence-electron chi connectivity index (χ0n) is 14.2. The summed E-state index contributed by atoms with van der Waals surface area (Å²) in [6.45, 7) is 5.36. The van der Waals surface area contributed by atoms with E-state index in [1.54, 1.807) is 32.0 Å². The molecule has 0 saturated carbocycles. The molecule has 1 N–H and O–H groups in total. The number of aromatic nitrogens is 2.